The van der Waals surface area contributed by atoms with Gasteiger partial charge in [-0.3, -0.25) is 4.79 Å². The van der Waals surface area contributed by atoms with Crippen LogP contribution in [0.4, 0.5) is 17.6 Å². The number of piperidine rings is 1. The van der Waals surface area contributed by atoms with Crippen molar-refractivity contribution < 1.29 is 27.5 Å². The van der Waals surface area contributed by atoms with Crippen molar-refractivity contribution in [3.05, 3.63) is 35.1 Å². The van der Waals surface area contributed by atoms with Crippen LogP contribution in [0.3, 0.4) is 0 Å². The molecule has 1 amide bonds. The maximum atomic E-state index is 13.3. The quantitative estimate of drug-likeness (QED) is 0.851. The zero-order chi connectivity index (χ0) is 16.5. The van der Waals surface area contributed by atoms with Gasteiger partial charge >= 0.3 is 6.18 Å². The van der Waals surface area contributed by atoms with Gasteiger partial charge in [0.15, 0.2) is 0 Å². The molecule has 22 heavy (non-hydrogen) atoms. The van der Waals surface area contributed by atoms with E-state index < -0.39 is 29.6 Å². The lowest BCUT2D eigenvalue weighted by molar-refractivity contribution is -0.137. The van der Waals surface area contributed by atoms with Crippen LogP contribution in [0.5, 0.6) is 0 Å². The van der Waals surface area contributed by atoms with Gasteiger partial charge < -0.3 is 10.0 Å². The molecule has 0 radical (unpaired) electrons. The van der Waals surface area contributed by atoms with E-state index in [0.717, 1.165) is 6.07 Å². The van der Waals surface area contributed by atoms with Crippen molar-refractivity contribution in [1.29, 1.82) is 0 Å². The Morgan fingerprint density at radius 1 is 1.27 bits per heavy atom. The first-order valence-corrected chi connectivity index (χ1v) is 7.03. The molecule has 1 aliphatic rings. The number of carbonyl (C=O) groups is 1. The van der Waals surface area contributed by atoms with Crippen LogP contribution in [0, 0.1) is 11.7 Å². The molecule has 1 fully saturated rings. The lowest BCUT2D eigenvalue weighted by Crippen LogP contribution is -2.40. The zero-order valence-electron chi connectivity index (χ0n) is 12.0. The molecule has 3 nitrogen and oxygen atoms in total. The number of amides is 1. The van der Waals surface area contributed by atoms with Crippen molar-refractivity contribution in [3.8, 4) is 0 Å². The largest absolute Gasteiger partial charge is 0.416 e. The molecule has 1 heterocycles. The Labute approximate surface area is 125 Å². The molecule has 0 saturated carbocycles. The fourth-order valence-electron chi connectivity index (χ4n) is 2.64. The Balaban J connectivity index is 2.15. The molecule has 1 N–H and O–H groups in total. The van der Waals surface area contributed by atoms with Crippen molar-refractivity contribution >= 4 is 5.91 Å². The van der Waals surface area contributed by atoms with Crippen LogP contribution in [-0.2, 0) is 6.18 Å². The van der Waals surface area contributed by atoms with Gasteiger partial charge in [0.25, 0.3) is 5.91 Å². The molecule has 1 saturated heterocycles. The average molecular weight is 319 g/mol. The molecular weight excluding hydrogens is 302 g/mol. The molecule has 1 aromatic rings. The lowest BCUT2D eigenvalue weighted by atomic mass is 9.92. The summed E-state index contributed by atoms with van der Waals surface area (Å²) in [6.07, 6.45) is -4.03. The number of aliphatic hydroxyl groups excluding tert-OH is 1. The molecule has 1 unspecified atom stereocenters. The van der Waals surface area contributed by atoms with Gasteiger partial charge in [-0.2, -0.15) is 13.2 Å². The van der Waals surface area contributed by atoms with Gasteiger partial charge in [0.05, 0.1) is 11.7 Å². The van der Waals surface area contributed by atoms with Crippen LogP contribution in [0.2, 0.25) is 0 Å². The highest BCUT2D eigenvalue weighted by molar-refractivity contribution is 5.94. The first-order valence-electron chi connectivity index (χ1n) is 7.03. The van der Waals surface area contributed by atoms with Crippen molar-refractivity contribution in [2.75, 3.05) is 13.1 Å². The fraction of sp³-hybridized carbons (Fsp3) is 0.533. The summed E-state index contributed by atoms with van der Waals surface area (Å²) >= 11 is 0. The summed E-state index contributed by atoms with van der Waals surface area (Å²) in [6, 6.07) is 1.86. The van der Waals surface area contributed by atoms with Gasteiger partial charge in [-0.15, -0.1) is 0 Å². The molecule has 1 aromatic carbocycles. The minimum Gasteiger partial charge on any atom is -0.393 e. The van der Waals surface area contributed by atoms with Gasteiger partial charge in [-0.25, -0.2) is 4.39 Å². The molecule has 0 aromatic heterocycles. The number of benzene rings is 1. The Morgan fingerprint density at radius 2 is 1.86 bits per heavy atom. The Morgan fingerprint density at radius 3 is 2.36 bits per heavy atom. The molecule has 2 rings (SSSR count). The topological polar surface area (TPSA) is 40.5 Å². The van der Waals surface area contributed by atoms with Crippen molar-refractivity contribution in [2.45, 2.75) is 32.0 Å². The molecule has 122 valence electrons. The second kappa shape index (κ2) is 6.24. The van der Waals surface area contributed by atoms with Crippen LogP contribution >= 0.6 is 0 Å². The van der Waals surface area contributed by atoms with E-state index in [1.807, 2.05) is 0 Å². The number of hydrogen-bond acceptors (Lipinski definition) is 2. The third kappa shape index (κ3) is 3.76. The van der Waals surface area contributed by atoms with Crippen LogP contribution in [-0.4, -0.2) is 35.1 Å². The Bertz CT molecular complexity index is 549. The summed E-state index contributed by atoms with van der Waals surface area (Å²) in [7, 11) is 0. The minimum absolute atomic E-state index is 0.0716. The van der Waals surface area contributed by atoms with E-state index in [1.165, 1.54) is 4.90 Å². The van der Waals surface area contributed by atoms with Gasteiger partial charge in [0.1, 0.15) is 5.82 Å². The van der Waals surface area contributed by atoms with Crippen molar-refractivity contribution in [2.24, 2.45) is 5.92 Å². The van der Waals surface area contributed by atoms with Crippen molar-refractivity contribution in [1.82, 2.24) is 4.90 Å². The summed E-state index contributed by atoms with van der Waals surface area (Å²) in [4.78, 5) is 13.6. The number of hydrogen-bond donors (Lipinski definition) is 1. The predicted molar refractivity (Wildman–Crippen MR) is 71.7 cm³/mol. The maximum absolute atomic E-state index is 13.3. The lowest BCUT2D eigenvalue weighted by Gasteiger charge is -2.33. The highest BCUT2D eigenvalue weighted by Gasteiger charge is 2.33. The number of alkyl halides is 3. The number of aliphatic hydroxyl groups is 1. The van der Waals surface area contributed by atoms with Gasteiger partial charge in [0.2, 0.25) is 0 Å². The fourth-order valence-corrected chi connectivity index (χ4v) is 2.64. The summed E-state index contributed by atoms with van der Waals surface area (Å²) in [5, 5.41) is 9.50. The van der Waals surface area contributed by atoms with Gasteiger partial charge in [-0.1, -0.05) is 0 Å². The smallest absolute Gasteiger partial charge is 0.393 e. The van der Waals surface area contributed by atoms with E-state index >= 15 is 0 Å². The molecule has 7 heteroatoms. The molecule has 0 spiro atoms. The van der Waals surface area contributed by atoms with E-state index in [0.29, 0.717) is 38.1 Å². The zero-order valence-corrected chi connectivity index (χ0v) is 12.0. The number of halogens is 4. The Hall–Kier alpha value is -1.63. The maximum Gasteiger partial charge on any atom is 0.416 e. The molecular formula is C15H17F4NO2. The first-order chi connectivity index (χ1) is 10.2. The van der Waals surface area contributed by atoms with E-state index in [4.69, 9.17) is 0 Å². The monoisotopic (exact) mass is 319 g/mol. The minimum atomic E-state index is -4.70. The SMILES string of the molecule is CC(O)C1CCN(C(=O)c2cc(F)cc(C(F)(F)F)c2)CC1. The van der Waals surface area contributed by atoms with Gasteiger partial charge in [-0.05, 0) is 43.9 Å². The van der Waals surface area contributed by atoms with E-state index in [2.05, 4.69) is 0 Å². The Kier molecular flexibility index (Phi) is 4.75. The van der Waals surface area contributed by atoms with Gasteiger partial charge in [0, 0.05) is 18.7 Å². The second-order valence-electron chi connectivity index (χ2n) is 5.60. The summed E-state index contributed by atoms with van der Waals surface area (Å²) < 4.78 is 51.4. The van der Waals surface area contributed by atoms with Crippen molar-refractivity contribution in [3.63, 3.8) is 0 Å². The number of rotatable bonds is 2. The van der Waals surface area contributed by atoms with Crippen LogP contribution in [0.1, 0.15) is 35.7 Å². The molecule has 1 aliphatic heterocycles. The predicted octanol–water partition coefficient (Wildman–Crippen LogP) is 3.08. The van der Waals surface area contributed by atoms with E-state index in [9.17, 15) is 27.5 Å². The number of carbonyl (C=O) groups excluding carboxylic acids is 1. The number of likely N-dealkylation sites (tertiary alicyclic amines) is 1. The second-order valence-corrected chi connectivity index (χ2v) is 5.60. The first kappa shape index (κ1) is 16.7. The third-order valence-corrected chi connectivity index (χ3v) is 3.98. The summed E-state index contributed by atoms with van der Waals surface area (Å²) in [5.74, 6) is -1.63. The van der Waals surface area contributed by atoms with Crippen LogP contribution in [0.25, 0.3) is 0 Å². The van der Waals surface area contributed by atoms with Crippen LogP contribution in [0.15, 0.2) is 18.2 Å². The highest BCUT2D eigenvalue weighted by Crippen LogP contribution is 2.31. The molecule has 0 bridgehead atoms. The standard InChI is InChI=1S/C15H17F4NO2/c1-9(21)10-2-4-20(5-3-10)14(22)11-6-12(15(17,18)19)8-13(16)7-11/h6-10,21H,2-5H2,1H3. The third-order valence-electron chi connectivity index (χ3n) is 3.98. The van der Waals surface area contributed by atoms with Crippen LogP contribution < -0.4 is 0 Å². The highest BCUT2D eigenvalue weighted by atomic mass is 19.4. The van der Waals surface area contributed by atoms with E-state index in [-0.39, 0.29) is 11.5 Å². The number of nitrogens with zero attached hydrogens (tertiary/aromatic N) is 1. The summed E-state index contributed by atoms with van der Waals surface area (Å²) in [6.45, 7) is 2.35. The molecule has 0 aliphatic carbocycles. The van der Waals surface area contributed by atoms with E-state index in [1.54, 1.807) is 6.92 Å². The normalized spacial score (nSPS) is 18.4. The molecule has 1 atom stereocenters. The average Bonchev–Trinajstić information content (AvgIpc) is 2.45. The summed E-state index contributed by atoms with van der Waals surface area (Å²) in [5.41, 5.74) is -1.47.